The highest BCUT2D eigenvalue weighted by molar-refractivity contribution is 5.98. The number of aliphatic hydroxyl groups is 1. The highest BCUT2D eigenvalue weighted by Crippen LogP contribution is 2.28. The number of nitrogen functional groups attached to an aromatic ring is 1. The van der Waals surface area contributed by atoms with Gasteiger partial charge in [-0.25, -0.2) is 0 Å². The van der Waals surface area contributed by atoms with E-state index in [1.54, 1.807) is 30.0 Å². The molecule has 1 aliphatic heterocycles. The zero-order valence-electron chi connectivity index (χ0n) is 11.0. The molecule has 2 rings (SSSR count). The van der Waals surface area contributed by atoms with Crippen molar-refractivity contribution in [1.29, 1.82) is 0 Å². The average Bonchev–Trinajstić information content (AvgIpc) is 2.41. The van der Waals surface area contributed by atoms with Gasteiger partial charge in [-0.3, -0.25) is 4.79 Å². The molecule has 0 bridgehead atoms. The summed E-state index contributed by atoms with van der Waals surface area (Å²) in [4.78, 5) is 14.0. The summed E-state index contributed by atoms with van der Waals surface area (Å²) in [7, 11) is 0. The number of para-hydroxylation sites is 1. The first kappa shape index (κ1) is 13.7. The molecule has 1 aromatic rings. The summed E-state index contributed by atoms with van der Waals surface area (Å²) >= 11 is 0. The third kappa shape index (κ3) is 2.81. The van der Waals surface area contributed by atoms with Crippen molar-refractivity contribution in [3.8, 4) is 5.75 Å². The molecule has 0 radical (unpaired) electrons. The summed E-state index contributed by atoms with van der Waals surface area (Å²) in [6.07, 6.45) is 1.23. The molecule has 1 amide bonds. The van der Waals surface area contributed by atoms with E-state index in [2.05, 4.69) is 0 Å². The molecule has 0 spiro atoms. The van der Waals surface area contributed by atoms with E-state index in [1.165, 1.54) is 0 Å². The van der Waals surface area contributed by atoms with Crippen LogP contribution in [0.2, 0.25) is 0 Å². The maximum absolute atomic E-state index is 12.3. The number of phenolic OH excluding ortho intramolecular Hbond substituents is 1. The molecule has 0 aliphatic carbocycles. The SMILES string of the molecule is CC(O)C1CCN(C(=O)c2cccc(N)c2O)CC1. The van der Waals surface area contributed by atoms with Crippen molar-refractivity contribution in [2.75, 3.05) is 18.8 Å². The lowest BCUT2D eigenvalue weighted by Crippen LogP contribution is -2.40. The van der Waals surface area contributed by atoms with Gasteiger partial charge in [0.2, 0.25) is 0 Å². The minimum atomic E-state index is -0.335. The number of amides is 1. The molecule has 5 heteroatoms. The van der Waals surface area contributed by atoms with E-state index < -0.39 is 0 Å². The molecule has 0 saturated carbocycles. The molecule has 19 heavy (non-hydrogen) atoms. The second-order valence-electron chi connectivity index (χ2n) is 5.11. The first-order valence-electron chi connectivity index (χ1n) is 6.55. The highest BCUT2D eigenvalue weighted by atomic mass is 16.3. The maximum atomic E-state index is 12.3. The van der Waals surface area contributed by atoms with E-state index in [1.807, 2.05) is 0 Å². The maximum Gasteiger partial charge on any atom is 0.257 e. The van der Waals surface area contributed by atoms with Crippen molar-refractivity contribution >= 4 is 11.6 Å². The summed E-state index contributed by atoms with van der Waals surface area (Å²) in [6.45, 7) is 2.98. The Bertz CT molecular complexity index is 466. The number of aliphatic hydroxyl groups excluding tert-OH is 1. The van der Waals surface area contributed by atoms with Crippen LogP contribution in [0.5, 0.6) is 5.75 Å². The number of hydrogen-bond donors (Lipinski definition) is 3. The Morgan fingerprint density at radius 1 is 1.42 bits per heavy atom. The average molecular weight is 264 g/mol. The number of carbonyl (C=O) groups excluding carboxylic acids is 1. The molecule has 1 heterocycles. The predicted octanol–water partition coefficient (Wildman–Crippen LogP) is 1.21. The van der Waals surface area contributed by atoms with Crippen LogP contribution in [0, 0.1) is 5.92 Å². The Kier molecular flexibility index (Phi) is 3.95. The van der Waals surface area contributed by atoms with Gasteiger partial charge in [-0.05, 0) is 37.8 Å². The van der Waals surface area contributed by atoms with Gasteiger partial charge in [0.05, 0.1) is 17.4 Å². The van der Waals surface area contributed by atoms with Gasteiger partial charge in [0, 0.05) is 13.1 Å². The summed E-state index contributed by atoms with van der Waals surface area (Å²) in [5, 5.41) is 19.4. The normalized spacial score (nSPS) is 18.3. The van der Waals surface area contributed by atoms with Crippen molar-refractivity contribution in [3.63, 3.8) is 0 Å². The van der Waals surface area contributed by atoms with Crippen LogP contribution in [0.15, 0.2) is 18.2 Å². The zero-order valence-corrected chi connectivity index (χ0v) is 11.0. The van der Waals surface area contributed by atoms with Crippen molar-refractivity contribution < 1.29 is 15.0 Å². The van der Waals surface area contributed by atoms with E-state index >= 15 is 0 Å². The fourth-order valence-electron chi connectivity index (χ4n) is 2.49. The second kappa shape index (κ2) is 5.48. The molecule has 1 unspecified atom stereocenters. The van der Waals surface area contributed by atoms with Crippen LogP contribution < -0.4 is 5.73 Å². The van der Waals surface area contributed by atoms with Crippen molar-refractivity contribution in [1.82, 2.24) is 4.90 Å². The topological polar surface area (TPSA) is 86.8 Å². The lowest BCUT2D eigenvalue weighted by Gasteiger charge is -2.33. The molecule has 104 valence electrons. The van der Waals surface area contributed by atoms with Gasteiger partial charge in [-0.1, -0.05) is 6.07 Å². The fourth-order valence-corrected chi connectivity index (χ4v) is 2.49. The number of likely N-dealkylation sites (tertiary alicyclic amines) is 1. The molecular weight excluding hydrogens is 244 g/mol. The number of aromatic hydroxyl groups is 1. The number of anilines is 1. The fraction of sp³-hybridized carbons (Fsp3) is 0.500. The van der Waals surface area contributed by atoms with Gasteiger partial charge in [-0.2, -0.15) is 0 Å². The van der Waals surface area contributed by atoms with Gasteiger partial charge in [-0.15, -0.1) is 0 Å². The Balaban J connectivity index is 2.07. The van der Waals surface area contributed by atoms with Gasteiger partial charge in [0.1, 0.15) is 0 Å². The molecule has 4 N–H and O–H groups in total. The number of benzene rings is 1. The number of nitrogens with zero attached hydrogens (tertiary/aromatic N) is 1. The summed E-state index contributed by atoms with van der Waals surface area (Å²) in [5.41, 5.74) is 6.05. The van der Waals surface area contributed by atoms with Crippen LogP contribution in [0.3, 0.4) is 0 Å². The van der Waals surface area contributed by atoms with Crippen LogP contribution >= 0.6 is 0 Å². The van der Waals surface area contributed by atoms with Gasteiger partial charge in [0.15, 0.2) is 5.75 Å². The van der Waals surface area contributed by atoms with Gasteiger partial charge >= 0.3 is 0 Å². The lowest BCUT2D eigenvalue weighted by atomic mass is 9.92. The molecule has 0 aromatic heterocycles. The van der Waals surface area contributed by atoms with E-state index in [-0.39, 0.29) is 34.9 Å². The predicted molar refractivity (Wildman–Crippen MR) is 72.8 cm³/mol. The summed E-state index contributed by atoms with van der Waals surface area (Å²) in [6, 6.07) is 4.80. The molecular formula is C14H20N2O3. The van der Waals surface area contributed by atoms with Crippen LogP contribution in [0.25, 0.3) is 0 Å². The standard InChI is InChI=1S/C14H20N2O3/c1-9(17)10-5-7-16(8-6-10)14(19)11-3-2-4-12(15)13(11)18/h2-4,9-10,17-18H,5-8,15H2,1H3. The molecule has 1 fully saturated rings. The third-order valence-electron chi connectivity index (χ3n) is 3.81. The van der Waals surface area contributed by atoms with Gasteiger partial charge in [0.25, 0.3) is 5.91 Å². The minimum absolute atomic E-state index is 0.148. The molecule has 1 saturated heterocycles. The van der Waals surface area contributed by atoms with E-state index in [9.17, 15) is 15.0 Å². The molecule has 1 aromatic carbocycles. The number of nitrogens with two attached hydrogens (primary N) is 1. The van der Waals surface area contributed by atoms with Crippen LogP contribution in [0.1, 0.15) is 30.1 Å². The van der Waals surface area contributed by atoms with E-state index in [0.717, 1.165) is 12.8 Å². The Morgan fingerprint density at radius 3 is 2.63 bits per heavy atom. The van der Waals surface area contributed by atoms with E-state index in [4.69, 9.17) is 5.73 Å². The van der Waals surface area contributed by atoms with Crippen LogP contribution in [-0.4, -0.2) is 40.2 Å². The molecule has 5 nitrogen and oxygen atoms in total. The van der Waals surface area contributed by atoms with E-state index in [0.29, 0.717) is 13.1 Å². The van der Waals surface area contributed by atoms with Crippen molar-refractivity contribution in [2.45, 2.75) is 25.9 Å². The summed E-state index contributed by atoms with van der Waals surface area (Å²) in [5.74, 6) is -0.0996. The molecule has 1 atom stereocenters. The summed E-state index contributed by atoms with van der Waals surface area (Å²) < 4.78 is 0. The monoisotopic (exact) mass is 264 g/mol. The van der Waals surface area contributed by atoms with Crippen molar-refractivity contribution in [2.24, 2.45) is 5.92 Å². The Labute approximate surface area is 112 Å². The quantitative estimate of drug-likeness (QED) is 0.553. The zero-order chi connectivity index (χ0) is 14.0. The van der Waals surface area contributed by atoms with Crippen LogP contribution in [-0.2, 0) is 0 Å². The third-order valence-corrected chi connectivity index (χ3v) is 3.81. The first-order valence-corrected chi connectivity index (χ1v) is 6.55. The number of piperidine rings is 1. The smallest absolute Gasteiger partial charge is 0.257 e. The Morgan fingerprint density at radius 2 is 2.05 bits per heavy atom. The largest absolute Gasteiger partial charge is 0.505 e. The van der Waals surface area contributed by atoms with Crippen molar-refractivity contribution in [3.05, 3.63) is 23.8 Å². The Hall–Kier alpha value is -1.75. The second-order valence-corrected chi connectivity index (χ2v) is 5.11. The lowest BCUT2D eigenvalue weighted by molar-refractivity contribution is 0.0519. The van der Waals surface area contributed by atoms with Crippen LogP contribution in [0.4, 0.5) is 5.69 Å². The minimum Gasteiger partial charge on any atom is -0.505 e. The van der Waals surface area contributed by atoms with Gasteiger partial charge < -0.3 is 20.8 Å². The number of hydrogen-bond acceptors (Lipinski definition) is 4. The first-order chi connectivity index (χ1) is 9.00. The number of rotatable bonds is 2. The number of phenols is 1. The highest BCUT2D eigenvalue weighted by Gasteiger charge is 2.27. The molecule has 1 aliphatic rings. The number of carbonyl (C=O) groups is 1.